The third kappa shape index (κ3) is 4.20. The van der Waals surface area contributed by atoms with E-state index in [-0.39, 0.29) is 17.8 Å². The van der Waals surface area contributed by atoms with Crippen molar-refractivity contribution in [2.75, 3.05) is 13.2 Å². The number of ether oxygens (including phenoxy) is 2. The molecule has 5 heteroatoms. The number of hydrogen-bond acceptors (Lipinski definition) is 3. The van der Waals surface area contributed by atoms with Crippen molar-refractivity contribution in [3.8, 4) is 5.75 Å². The average Bonchev–Trinajstić information content (AvgIpc) is 2.97. The molecular formula is C15H20FNO3. The predicted molar refractivity (Wildman–Crippen MR) is 73.1 cm³/mol. The van der Waals surface area contributed by atoms with Crippen LogP contribution in [0.25, 0.3) is 0 Å². The molecule has 1 N–H and O–H groups in total. The second-order valence-electron chi connectivity index (χ2n) is 4.85. The third-order valence-corrected chi connectivity index (χ3v) is 3.28. The van der Waals surface area contributed by atoms with Crippen LogP contribution in [-0.4, -0.2) is 31.3 Å². The van der Waals surface area contributed by atoms with Gasteiger partial charge in [0, 0.05) is 13.2 Å². The molecule has 2 atom stereocenters. The molecule has 110 valence electrons. The first-order chi connectivity index (χ1) is 9.69. The van der Waals surface area contributed by atoms with Gasteiger partial charge in [0.2, 0.25) is 0 Å². The molecule has 0 saturated carbocycles. The number of nitrogens with one attached hydrogen (secondary N) is 1. The molecule has 0 aromatic heterocycles. The molecule has 1 saturated heterocycles. The number of carbonyl (C=O) groups excluding carboxylic acids is 1. The zero-order valence-electron chi connectivity index (χ0n) is 11.6. The number of halogens is 1. The van der Waals surface area contributed by atoms with E-state index in [1.54, 1.807) is 0 Å². The summed E-state index contributed by atoms with van der Waals surface area (Å²) in [5, 5.41) is 2.84. The summed E-state index contributed by atoms with van der Waals surface area (Å²) in [6.45, 7) is 3.16. The lowest BCUT2D eigenvalue weighted by Crippen LogP contribution is -2.41. The van der Waals surface area contributed by atoms with Gasteiger partial charge in [0.05, 0.1) is 6.10 Å². The fraction of sp³-hybridized carbons (Fsp3) is 0.533. The Bertz CT molecular complexity index is 429. The van der Waals surface area contributed by atoms with Crippen molar-refractivity contribution in [1.29, 1.82) is 0 Å². The summed E-state index contributed by atoms with van der Waals surface area (Å²) in [6, 6.07) is 5.66. The Morgan fingerprint density at radius 1 is 1.50 bits per heavy atom. The van der Waals surface area contributed by atoms with Gasteiger partial charge in [-0.05, 0) is 43.5 Å². The smallest absolute Gasteiger partial charge is 0.261 e. The Morgan fingerprint density at radius 2 is 2.25 bits per heavy atom. The number of rotatable bonds is 6. The molecule has 20 heavy (non-hydrogen) atoms. The Labute approximate surface area is 118 Å². The molecule has 1 aromatic rings. The van der Waals surface area contributed by atoms with E-state index in [9.17, 15) is 9.18 Å². The summed E-state index contributed by atoms with van der Waals surface area (Å²) in [4.78, 5) is 12.0. The molecule has 0 spiro atoms. The fourth-order valence-corrected chi connectivity index (χ4v) is 2.13. The van der Waals surface area contributed by atoms with Crippen molar-refractivity contribution in [3.05, 3.63) is 30.1 Å². The minimum absolute atomic E-state index is 0.113. The summed E-state index contributed by atoms with van der Waals surface area (Å²) in [6.07, 6.45) is 2.12. The zero-order valence-corrected chi connectivity index (χ0v) is 11.6. The molecule has 0 radical (unpaired) electrons. The van der Waals surface area contributed by atoms with Gasteiger partial charge >= 0.3 is 0 Å². The first-order valence-corrected chi connectivity index (χ1v) is 7.00. The van der Waals surface area contributed by atoms with Crippen LogP contribution in [-0.2, 0) is 9.53 Å². The van der Waals surface area contributed by atoms with E-state index in [4.69, 9.17) is 9.47 Å². The number of carbonyl (C=O) groups is 1. The molecule has 1 fully saturated rings. The monoisotopic (exact) mass is 281 g/mol. The molecule has 1 amide bonds. The highest BCUT2D eigenvalue weighted by Crippen LogP contribution is 2.15. The second-order valence-corrected chi connectivity index (χ2v) is 4.85. The van der Waals surface area contributed by atoms with Crippen molar-refractivity contribution >= 4 is 5.91 Å². The predicted octanol–water partition coefficient (Wildman–Crippen LogP) is 2.28. The largest absolute Gasteiger partial charge is 0.481 e. The van der Waals surface area contributed by atoms with E-state index in [0.717, 1.165) is 19.4 Å². The molecule has 2 rings (SSSR count). The van der Waals surface area contributed by atoms with Crippen molar-refractivity contribution < 1.29 is 18.7 Å². The molecular weight excluding hydrogens is 261 g/mol. The van der Waals surface area contributed by atoms with Crippen molar-refractivity contribution in [2.24, 2.45) is 0 Å². The minimum Gasteiger partial charge on any atom is -0.481 e. The molecule has 1 aromatic carbocycles. The van der Waals surface area contributed by atoms with Gasteiger partial charge in [-0.2, -0.15) is 0 Å². The molecule has 1 aliphatic heterocycles. The van der Waals surface area contributed by atoms with Crippen molar-refractivity contribution in [3.63, 3.8) is 0 Å². The van der Waals surface area contributed by atoms with Crippen LogP contribution in [0.5, 0.6) is 5.75 Å². The van der Waals surface area contributed by atoms with Gasteiger partial charge in [-0.25, -0.2) is 4.39 Å². The SMILES string of the molecule is CC[C@H](Oc1ccc(F)cc1)C(=O)NC[C@H]1CCCO1. The molecule has 1 heterocycles. The van der Waals surface area contributed by atoms with Gasteiger partial charge in [0.15, 0.2) is 6.10 Å². The minimum atomic E-state index is -0.568. The first kappa shape index (κ1) is 14.8. The highest BCUT2D eigenvalue weighted by Gasteiger charge is 2.21. The zero-order chi connectivity index (χ0) is 14.4. The maximum atomic E-state index is 12.8. The number of amides is 1. The number of hydrogen-bond donors (Lipinski definition) is 1. The summed E-state index contributed by atoms with van der Waals surface area (Å²) in [5.41, 5.74) is 0. The fourth-order valence-electron chi connectivity index (χ4n) is 2.13. The summed E-state index contributed by atoms with van der Waals surface area (Å²) in [5.74, 6) is 0.00562. The van der Waals surface area contributed by atoms with Gasteiger partial charge in [-0.15, -0.1) is 0 Å². The standard InChI is InChI=1S/C15H20FNO3/c1-2-14(20-12-7-5-11(16)6-8-12)15(18)17-10-13-4-3-9-19-13/h5-8,13-14H,2-4,9-10H2,1H3,(H,17,18)/t13-,14+/m1/s1. The Morgan fingerprint density at radius 3 is 2.85 bits per heavy atom. The van der Waals surface area contributed by atoms with Crippen LogP contribution in [0.4, 0.5) is 4.39 Å². The third-order valence-electron chi connectivity index (χ3n) is 3.28. The van der Waals surface area contributed by atoms with Crippen LogP contribution in [0.3, 0.4) is 0 Å². The van der Waals surface area contributed by atoms with E-state index in [0.29, 0.717) is 18.7 Å². The van der Waals surface area contributed by atoms with Crippen LogP contribution in [0.1, 0.15) is 26.2 Å². The Kier molecular flexibility index (Phi) is 5.35. The highest BCUT2D eigenvalue weighted by molar-refractivity contribution is 5.81. The summed E-state index contributed by atoms with van der Waals surface area (Å²) < 4.78 is 23.8. The molecule has 1 aliphatic rings. The summed E-state index contributed by atoms with van der Waals surface area (Å²) in [7, 11) is 0. The van der Waals surface area contributed by atoms with Crippen LogP contribution in [0, 0.1) is 5.82 Å². The normalized spacial score (nSPS) is 19.6. The molecule has 0 aliphatic carbocycles. The topological polar surface area (TPSA) is 47.6 Å². The van der Waals surface area contributed by atoms with E-state index in [2.05, 4.69) is 5.32 Å². The van der Waals surface area contributed by atoms with Crippen LogP contribution < -0.4 is 10.1 Å². The average molecular weight is 281 g/mol. The van der Waals surface area contributed by atoms with Gasteiger partial charge in [0.1, 0.15) is 11.6 Å². The number of benzene rings is 1. The van der Waals surface area contributed by atoms with Gasteiger partial charge in [0.25, 0.3) is 5.91 Å². The lowest BCUT2D eigenvalue weighted by atomic mass is 10.2. The molecule has 4 nitrogen and oxygen atoms in total. The van der Waals surface area contributed by atoms with Gasteiger partial charge < -0.3 is 14.8 Å². The van der Waals surface area contributed by atoms with Crippen LogP contribution in [0.2, 0.25) is 0 Å². The second kappa shape index (κ2) is 7.24. The van der Waals surface area contributed by atoms with Crippen molar-refractivity contribution in [1.82, 2.24) is 5.32 Å². The summed E-state index contributed by atoms with van der Waals surface area (Å²) >= 11 is 0. The van der Waals surface area contributed by atoms with Crippen molar-refractivity contribution in [2.45, 2.75) is 38.4 Å². The first-order valence-electron chi connectivity index (χ1n) is 7.00. The lowest BCUT2D eigenvalue weighted by Gasteiger charge is -2.18. The highest BCUT2D eigenvalue weighted by atomic mass is 19.1. The maximum Gasteiger partial charge on any atom is 0.261 e. The van der Waals surface area contributed by atoms with Gasteiger partial charge in [-0.3, -0.25) is 4.79 Å². The quantitative estimate of drug-likeness (QED) is 0.870. The van der Waals surface area contributed by atoms with Gasteiger partial charge in [-0.1, -0.05) is 6.92 Å². The van der Waals surface area contributed by atoms with E-state index < -0.39 is 6.10 Å². The Hall–Kier alpha value is -1.62. The Balaban J connectivity index is 1.83. The van der Waals surface area contributed by atoms with Crippen LogP contribution in [0.15, 0.2) is 24.3 Å². The van der Waals surface area contributed by atoms with Crippen LogP contribution >= 0.6 is 0 Å². The lowest BCUT2D eigenvalue weighted by molar-refractivity contribution is -0.128. The maximum absolute atomic E-state index is 12.8. The van der Waals surface area contributed by atoms with E-state index >= 15 is 0 Å². The van der Waals surface area contributed by atoms with E-state index in [1.165, 1.54) is 24.3 Å². The molecule has 0 unspecified atom stereocenters. The van der Waals surface area contributed by atoms with E-state index in [1.807, 2.05) is 6.92 Å². The molecule has 0 bridgehead atoms.